The van der Waals surface area contributed by atoms with Gasteiger partial charge in [-0.2, -0.15) is 11.3 Å². The maximum Gasteiger partial charge on any atom is 0.339 e. The molecule has 0 unspecified atom stereocenters. The Morgan fingerprint density at radius 1 is 1.37 bits per heavy atom. The highest BCUT2D eigenvalue weighted by Gasteiger charge is 2.21. The first kappa shape index (κ1) is 11.9. The Labute approximate surface area is 113 Å². The minimum atomic E-state index is -1.06. The van der Waals surface area contributed by atoms with Crippen LogP contribution in [-0.2, 0) is 6.61 Å². The summed E-state index contributed by atoms with van der Waals surface area (Å²) in [4.78, 5) is 11.2. The van der Waals surface area contributed by atoms with Gasteiger partial charge in [0.2, 0.25) is 6.79 Å². The van der Waals surface area contributed by atoms with Crippen LogP contribution < -0.4 is 14.2 Å². The van der Waals surface area contributed by atoms with Crippen molar-refractivity contribution < 1.29 is 24.1 Å². The molecule has 0 atom stereocenters. The molecule has 1 aliphatic heterocycles. The van der Waals surface area contributed by atoms with Crippen LogP contribution in [0.1, 0.15) is 15.9 Å². The third kappa shape index (κ3) is 2.34. The van der Waals surface area contributed by atoms with Crippen molar-refractivity contribution in [1.82, 2.24) is 0 Å². The van der Waals surface area contributed by atoms with Gasteiger partial charge in [0.25, 0.3) is 0 Å². The molecule has 98 valence electrons. The van der Waals surface area contributed by atoms with Gasteiger partial charge < -0.3 is 19.3 Å². The minimum absolute atomic E-state index is 0.0690. The molecule has 0 saturated carbocycles. The number of rotatable bonds is 4. The second-order valence-electron chi connectivity index (χ2n) is 3.93. The smallest absolute Gasteiger partial charge is 0.339 e. The van der Waals surface area contributed by atoms with Gasteiger partial charge in [-0.15, -0.1) is 0 Å². The highest BCUT2D eigenvalue weighted by molar-refractivity contribution is 7.07. The summed E-state index contributed by atoms with van der Waals surface area (Å²) in [7, 11) is 0. The zero-order valence-electron chi connectivity index (χ0n) is 9.79. The number of aromatic carboxylic acids is 1. The van der Waals surface area contributed by atoms with E-state index in [2.05, 4.69) is 0 Å². The number of thiophene rings is 1. The first-order chi connectivity index (χ1) is 9.24. The molecule has 1 N–H and O–H groups in total. The van der Waals surface area contributed by atoms with E-state index in [-0.39, 0.29) is 18.1 Å². The van der Waals surface area contributed by atoms with Crippen molar-refractivity contribution >= 4 is 17.3 Å². The van der Waals surface area contributed by atoms with Gasteiger partial charge in [-0.3, -0.25) is 0 Å². The molecule has 1 aromatic heterocycles. The Morgan fingerprint density at radius 3 is 2.84 bits per heavy atom. The van der Waals surface area contributed by atoms with Gasteiger partial charge >= 0.3 is 5.97 Å². The second-order valence-corrected chi connectivity index (χ2v) is 4.71. The van der Waals surface area contributed by atoms with Gasteiger partial charge in [0, 0.05) is 12.1 Å². The molecule has 0 fully saturated rings. The standard InChI is InChI=1S/C13H10O5S/c14-13(15)9-3-11-12(18-7-17-11)4-10(9)16-5-8-1-2-19-6-8/h1-4,6H,5,7H2,(H,14,15). The lowest BCUT2D eigenvalue weighted by molar-refractivity contribution is 0.0691. The lowest BCUT2D eigenvalue weighted by Crippen LogP contribution is -2.03. The van der Waals surface area contributed by atoms with E-state index in [1.165, 1.54) is 6.07 Å². The summed E-state index contributed by atoms with van der Waals surface area (Å²) in [6.45, 7) is 0.422. The van der Waals surface area contributed by atoms with Crippen molar-refractivity contribution in [1.29, 1.82) is 0 Å². The molecule has 0 bridgehead atoms. The Hall–Kier alpha value is -2.21. The van der Waals surface area contributed by atoms with Gasteiger partial charge in [-0.05, 0) is 22.4 Å². The van der Waals surface area contributed by atoms with Gasteiger partial charge in [0.1, 0.15) is 17.9 Å². The number of hydrogen-bond donors (Lipinski definition) is 1. The van der Waals surface area contributed by atoms with Crippen molar-refractivity contribution in [2.45, 2.75) is 6.61 Å². The van der Waals surface area contributed by atoms with Gasteiger partial charge in [0.05, 0.1) is 0 Å². The van der Waals surface area contributed by atoms with E-state index in [1.807, 2.05) is 16.8 Å². The number of benzene rings is 1. The molecule has 5 nitrogen and oxygen atoms in total. The van der Waals surface area contributed by atoms with Crippen LogP contribution in [0.5, 0.6) is 17.2 Å². The molecule has 2 heterocycles. The molecule has 0 amide bonds. The van der Waals surface area contributed by atoms with Crippen molar-refractivity contribution in [3.05, 3.63) is 40.1 Å². The average Bonchev–Trinajstić information content (AvgIpc) is 3.05. The zero-order chi connectivity index (χ0) is 13.2. The maximum absolute atomic E-state index is 11.2. The van der Waals surface area contributed by atoms with Crippen molar-refractivity contribution in [2.75, 3.05) is 6.79 Å². The van der Waals surface area contributed by atoms with Crippen LogP contribution in [0.3, 0.4) is 0 Å². The van der Waals surface area contributed by atoms with Gasteiger partial charge in [-0.1, -0.05) is 0 Å². The Balaban J connectivity index is 1.88. The number of fused-ring (bicyclic) bond motifs is 1. The zero-order valence-corrected chi connectivity index (χ0v) is 10.6. The van der Waals surface area contributed by atoms with Crippen molar-refractivity contribution in [2.24, 2.45) is 0 Å². The van der Waals surface area contributed by atoms with Crippen LogP contribution in [0.15, 0.2) is 29.0 Å². The van der Waals surface area contributed by atoms with E-state index in [9.17, 15) is 9.90 Å². The van der Waals surface area contributed by atoms with Crippen molar-refractivity contribution in [3.63, 3.8) is 0 Å². The summed E-state index contributed by atoms with van der Waals surface area (Å²) in [6.07, 6.45) is 0. The first-order valence-electron chi connectivity index (χ1n) is 5.55. The normalized spacial score (nSPS) is 12.4. The van der Waals surface area contributed by atoms with E-state index in [1.54, 1.807) is 17.4 Å². The van der Waals surface area contributed by atoms with Crippen LogP contribution in [-0.4, -0.2) is 17.9 Å². The predicted octanol–water partition coefficient (Wildman–Crippen LogP) is 2.75. The number of carboxylic acids is 1. The molecular weight excluding hydrogens is 268 g/mol. The summed E-state index contributed by atoms with van der Waals surface area (Å²) >= 11 is 1.56. The number of hydrogen-bond acceptors (Lipinski definition) is 5. The summed E-state index contributed by atoms with van der Waals surface area (Å²) < 4.78 is 15.9. The van der Waals surface area contributed by atoms with Crippen molar-refractivity contribution in [3.8, 4) is 17.2 Å². The molecule has 1 aliphatic rings. The molecule has 0 saturated heterocycles. The lowest BCUT2D eigenvalue weighted by atomic mass is 10.2. The molecule has 19 heavy (non-hydrogen) atoms. The van der Waals surface area contributed by atoms with E-state index in [0.29, 0.717) is 18.1 Å². The second kappa shape index (κ2) is 4.81. The summed E-state index contributed by atoms with van der Waals surface area (Å²) in [5.41, 5.74) is 1.07. The van der Waals surface area contributed by atoms with Gasteiger partial charge in [-0.25, -0.2) is 4.79 Å². The highest BCUT2D eigenvalue weighted by atomic mass is 32.1. The maximum atomic E-state index is 11.2. The van der Waals surface area contributed by atoms with Crippen LogP contribution in [0, 0.1) is 0 Å². The predicted molar refractivity (Wildman–Crippen MR) is 68.2 cm³/mol. The minimum Gasteiger partial charge on any atom is -0.488 e. The largest absolute Gasteiger partial charge is 0.488 e. The molecule has 6 heteroatoms. The molecule has 1 aromatic carbocycles. The average molecular weight is 278 g/mol. The molecular formula is C13H10O5S. The third-order valence-corrected chi connectivity index (χ3v) is 3.41. The van der Waals surface area contributed by atoms with E-state index in [4.69, 9.17) is 14.2 Å². The molecule has 3 rings (SSSR count). The molecule has 0 aliphatic carbocycles. The Kier molecular flexibility index (Phi) is 3.00. The third-order valence-electron chi connectivity index (χ3n) is 2.68. The first-order valence-corrected chi connectivity index (χ1v) is 6.49. The van der Waals surface area contributed by atoms with Crippen LogP contribution >= 0.6 is 11.3 Å². The van der Waals surface area contributed by atoms with E-state index >= 15 is 0 Å². The topological polar surface area (TPSA) is 65.0 Å². The van der Waals surface area contributed by atoms with Crippen LogP contribution in [0.4, 0.5) is 0 Å². The lowest BCUT2D eigenvalue weighted by Gasteiger charge is -2.09. The number of carboxylic acid groups (broad SMARTS) is 1. The van der Waals surface area contributed by atoms with E-state index in [0.717, 1.165) is 5.56 Å². The Bertz CT molecular complexity index is 606. The fourth-order valence-electron chi connectivity index (χ4n) is 1.75. The fraction of sp³-hybridized carbons (Fsp3) is 0.154. The number of carbonyl (C=O) groups is 1. The molecule has 0 radical (unpaired) electrons. The molecule has 2 aromatic rings. The monoisotopic (exact) mass is 278 g/mol. The summed E-state index contributed by atoms with van der Waals surface area (Å²) in [5.74, 6) is 0.159. The van der Waals surface area contributed by atoms with Crippen LogP contribution in [0.25, 0.3) is 0 Å². The Morgan fingerprint density at radius 2 is 2.16 bits per heavy atom. The van der Waals surface area contributed by atoms with Gasteiger partial charge in [0.15, 0.2) is 11.5 Å². The van der Waals surface area contributed by atoms with E-state index < -0.39 is 5.97 Å². The molecule has 0 spiro atoms. The highest BCUT2D eigenvalue weighted by Crippen LogP contribution is 2.38. The fourth-order valence-corrected chi connectivity index (χ4v) is 2.40. The summed E-state index contributed by atoms with van der Waals surface area (Å²) in [5, 5.41) is 13.1. The quantitative estimate of drug-likeness (QED) is 0.931. The SMILES string of the molecule is O=C(O)c1cc2c(cc1OCc1ccsc1)OCO2. The van der Waals surface area contributed by atoms with Crippen LogP contribution in [0.2, 0.25) is 0 Å². The summed E-state index contributed by atoms with van der Waals surface area (Å²) in [6, 6.07) is 4.91. The number of ether oxygens (including phenoxy) is 3.